The summed E-state index contributed by atoms with van der Waals surface area (Å²) in [7, 11) is 0. The van der Waals surface area contributed by atoms with Crippen molar-refractivity contribution >= 4 is 28.2 Å². The molecule has 0 spiro atoms. The number of fused-ring (bicyclic) bond motifs is 1. The van der Waals surface area contributed by atoms with Crippen molar-refractivity contribution in [3.05, 3.63) is 35.1 Å². The quantitative estimate of drug-likeness (QED) is 0.829. The minimum Gasteiger partial charge on any atom is -0.338 e. The van der Waals surface area contributed by atoms with Crippen LogP contribution in [-0.4, -0.2) is 9.97 Å². The molecule has 4 heteroatoms. The van der Waals surface area contributed by atoms with E-state index in [1.54, 1.807) is 0 Å². The van der Waals surface area contributed by atoms with E-state index in [0.29, 0.717) is 0 Å². The van der Waals surface area contributed by atoms with Gasteiger partial charge in [-0.05, 0) is 37.1 Å². The van der Waals surface area contributed by atoms with Crippen LogP contribution in [0.4, 0.5) is 0 Å². The molecule has 0 amide bonds. The van der Waals surface area contributed by atoms with E-state index >= 15 is 0 Å². The monoisotopic (exact) mass is 283 g/mol. The second-order valence-electron chi connectivity index (χ2n) is 3.54. The number of allylic oxidation sites excluding steroid dienone is 2. The third-order valence-electron chi connectivity index (χ3n) is 2.33. The first-order valence-corrected chi connectivity index (χ1v) is 5.41. The number of benzene rings is 1. The summed E-state index contributed by atoms with van der Waals surface area (Å²) in [6.07, 6.45) is 3.17. The van der Waals surface area contributed by atoms with Crippen LogP contribution >= 0.6 is 11.6 Å². The molecule has 0 saturated carbocycles. The summed E-state index contributed by atoms with van der Waals surface area (Å²) in [5.41, 5.74) is 3.12. The van der Waals surface area contributed by atoms with Gasteiger partial charge < -0.3 is 4.98 Å². The zero-order valence-electron chi connectivity index (χ0n) is 9.14. The Morgan fingerprint density at radius 1 is 1.50 bits per heavy atom. The van der Waals surface area contributed by atoms with Crippen molar-refractivity contribution in [1.82, 2.24) is 9.97 Å². The van der Waals surface area contributed by atoms with E-state index in [1.807, 2.05) is 18.2 Å². The van der Waals surface area contributed by atoms with Gasteiger partial charge in [0.15, 0.2) is 0 Å². The Bertz CT molecular complexity index is 517. The van der Waals surface area contributed by atoms with Crippen molar-refractivity contribution in [3.63, 3.8) is 0 Å². The number of halogens is 1. The maximum atomic E-state index is 5.91. The molecule has 0 atom stereocenters. The van der Waals surface area contributed by atoms with Crippen molar-refractivity contribution in [2.75, 3.05) is 0 Å². The number of rotatable bonds is 2. The molecule has 0 bridgehead atoms. The Kier molecular flexibility index (Phi) is 4.60. The van der Waals surface area contributed by atoms with Gasteiger partial charge in [-0.2, -0.15) is 0 Å². The van der Waals surface area contributed by atoms with E-state index in [9.17, 15) is 0 Å². The number of aromatic nitrogens is 2. The normalized spacial score (nSPS) is 11.6. The standard InChI is InChI=1S/C12H13ClN2.Cu/c1-3-4-8(2)12-14-10-6-5-9(13)7-11(10)15-12;/h4-7H,3H2,1-2H3,(H,14,15);/b8-4+;. The Labute approximate surface area is 111 Å². The van der Waals surface area contributed by atoms with Gasteiger partial charge in [0.05, 0.1) is 11.0 Å². The number of aromatic amines is 1. The van der Waals surface area contributed by atoms with Gasteiger partial charge in [-0.1, -0.05) is 24.6 Å². The molecule has 16 heavy (non-hydrogen) atoms. The number of imidazole rings is 1. The summed E-state index contributed by atoms with van der Waals surface area (Å²) in [5, 5.41) is 0.731. The molecule has 1 radical (unpaired) electrons. The summed E-state index contributed by atoms with van der Waals surface area (Å²) in [5.74, 6) is 0.925. The van der Waals surface area contributed by atoms with Crippen LogP contribution in [0.2, 0.25) is 5.02 Å². The zero-order valence-corrected chi connectivity index (χ0v) is 10.8. The van der Waals surface area contributed by atoms with Crippen LogP contribution in [0, 0.1) is 0 Å². The molecule has 0 aliphatic carbocycles. The average Bonchev–Trinajstić information content (AvgIpc) is 2.60. The third-order valence-corrected chi connectivity index (χ3v) is 2.56. The topological polar surface area (TPSA) is 28.7 Å². The molecular weight excluding hydrogens is 271 g/mol. The first-order chi connectivity index (χ1) is 7.20. The molecule has 0 fully saturated rings. The first kappa shape index (κ1) is 13.3. The third kappa shape index (κ3) is 2.67. The van der Waals surface area contributed by atoms with Crippen LogP contribution in [0.3, 0.4) is 0 Å². The minimum absolute atomic E-state index is 0. The Hall–Kier alpha value is -0.761. The number of nitrogens with zero attached hydrogens (tertiary/aromatic N) is 1. The average molecular weight is 284 g/mol. The summed E-state index contributed by atoms with van der Waals surface area (Å²) >= 11 is 5.91. The fourth-order valence-electron chi connectivity index (χ4n) is 1.57. The van der Waals surface area contributed by atoms with Crippen LogP contribution in [0.5, 0.6) is 0 Å². The van der Waals surface area contributed by atoms with Crippen LogP contribution in [-0.2, 0) is 17.1 Å². The summed E-state index contributed by atoms with van der Waals surface area (Å²) in [6.45, 7) is 4.17. The van der Waals surface area contributed by atoms with Crippen molar-refractivity contribution in [1.29, 1.82) is 0 Å². The predicted octanol–water partition coefficient (Wildman–Crippen LogP) is 4.03. The number of nitrogens with one attached hydrogen (secondary N) is 1. The number of hydrogen-bond acceptors (Lipinski definition) is 1. The van der Waals surface area contributed by atoms with E-state index < -0.39 is 0 Å². The first-order valence-electron chi connectivity index (χ1n) is 5.03. The molecule has 1 aromatic carbocycles. The van der Waals surface area contributed by atoms with Gasteiger partial charge in [-0.25, -0.2) is 4.98 Å². The van der Waals surface area contributed by atoms with Crippen molar-refractivity contribution in [3.8, 4) is 0 Å². The van der Waals surface area contributed by atoms with Crippen LogP contribution in [0.1, 0.15) is 26.1 Å². The van der Waals surface area contributed by atoms with Gasteiger partial charge in [0.25, 0.3) is 0 Å². The zero-order chi connectivity index (χ0) is 10.8. The molecular formula is C12H13ClCuN2. The van der Waals surface area contributed by atoms with Gasteiger partial charge in [0.1, 0.15) is 5.82 Å². The summed E-state index contributed by atoms with van der Waals surface area (Å²) in [6, 6.07) is 5.68. The smallest absolute Gasteiger partial charge is 0.133 e. The molecule has 2 aromatic rings. The van der Waals surface area contributed by atoms with Gasteiger partial charge >= 0.3 is 0 Å². The molecule has 2 rings (SSSR count). The number of H-pyrrole nitrogens is 1. The molecule has 1 heterocycles. The molecule has 0 aliphatic heterocycles. The van der Waals surface area contributed by atoms with Crippen molar-refractivity contribution in [2.45, 2.75) is 20.3 Å². The van der Waals surface area contributed by atoms with E-state index in [2.05, 4.69) is 29.9 Å². The van der Waals surface area contributed by atoms with Gasteiger partial charge in [-0.3, -0.25) is 0 Å². The molecule has 0 unspecified atom stereocenters. The van der Waals surface area contributed by atoms with E-state index in [-0.39, 0.29) is 17.1 Å². The maximum absolute atomic E-state index is 5.91. The summed E-state index contributed by atoms with van der Waals surface area (Å²) < 4.78 is 0. The summed E-state index contributed by atoms with van der Waals surface area (Å²) in [4.78, 5) is 7.75. The molecule has 89 valence electrons. The predicted molar refractivity (Wildman–Crippen MR) is 65.0 cm³/mol. The number of hydrogen-bond donors (Lipinski definition) is 1. The van der Waals surface area contributed by atoms with Crippen molar-refractivity contribution < 1.29 is 17.1 Å². The van der Waals surface area contributed by atoms with E-state index in [1.165, 1.54) is 5.57 Å². The minimum atomic E-state index is 0. The second-order valence-corrected chi connectivity index (χ2v) is 3.98. The maximum Gasteiger partial charge on any atom is 0.133 e. The molecule has 1 aromatic heterocycles. The molecule has 2 nitrogen and oxygen atoms in total. The Balaban J connectivity index is 0.00000128. The van der Waals surface area contributed by atoms with E-state index in [0.717, 1.165) is 28.3 Å². The Morgan fingerprint density at radius 2 is 2.25 bits per heavy atom. The van der Waals surface area contributed by atoms with Crippen LogP contribution in [0.25, 0.3) is 16.6 Å². The fourth-order valence-corrected chi connectivity index (χ4v) is 1.74. The largest absolute Gasteiger partial charge is 0.338 e. The van der Waals surface area contributed by atoms with Crippen molar-refractivity contribution in [2.24, 2.45) is 0 Å². The Morgan fingerprint density at radius 3 is 2.94 bits per heavy atom. The van der Waals surface area contributed by atoms with Crippen LogP contribution < -0.4 is 0 Å². The van der Waals surface area contributed by atoms with Gasteiger partial charge in [0.2, 0.25) is 0 Å². The van der Waals surface area contributed by atoms with E-state index in [4.69, 9.17) is 11.6 Å². The SMILES string of the molecule is CC/C=C(\C)c1nc2ccc(Cl)cc2[nH]1.[Cu]. The molecule has 0 aliphatic rings. The second kappa shape index (κ2) is 5.53. The van der Waals surface area contributed by atoms with Crippen LogP contribution in [0.15, 0.2) is 24.3 Å². The molecule has 1 N–H and O–H groups in total. The fraction of sp³-hybridized carbons (Fsp3) is 0.250. The van der Waals surface area contributed by atoms with Gasteiger partial charge in [0, 0.05) is 22.1 Å². The molecule has 0 saturated heterocycles. The van der Waals surface area contributed by atoms with Gasteiger partial charge in [-0.15, -0.1) is 0 Å².